The summed E-state index contributed by atoms with van der Waals surface area (Å²) in [6.07, 6.45) is 5.81. The topological polar surface area (TPSA) is 47.9 Å². The average molecular weight is 259 g/mol. The van der Waals surface area contributed by atoms with Crippen LogP contribution in [-0.4, -0.2) is 35.1 Å². The van der Waals surface area contributed by atoms with Crippen molar-refractivity contribution in [3.05, 3.63) is 0 Å². The van der Waals surface area contributed by atoms with E-state index >= 15 is 0 Å². The van der Waals surface area contributed by atoms with Crippen molar-refractivity contribution >= 4 is 15.4 Å². The maximum absolute atomic E-state index is 9.91. The van der Waals surface area contributed by atoms with E-state index in [1.54, 1.807) is 6.08 Å². The quantitative estimate of drug-likeness (QED) is 0.248. The molecule has 0 bridgehead atoms. The third-order valence-corrected chi connectivity index (χ3v) is 5.63. The summed E-state index contributed by atoms with van der Waals surface area (Å²) in [7, 11) is -1.52. The van der Waals surface area contributed by atoms with E-state index in [9.17, 15) is 4.79 Å². The molecular weight excluding hydrogens is 234 g/mol. The van der Waals surface area contributed by atoms with Crippen LogP contribution in [-0.2, 0) is 13.6 Å². The molecule has 4 nitrogen and oxygen atoms in total. The van der Waals surface area contributed by atoms with Gasteiger partial charge in [-0.05, 0) is 32.2 Å². The number of rotatable bonds is 11. The first-order chi connectivity index (χ1) is 8.29. The van der Waals surface area contributed by atoms with Crippen molar-refractivity contribution in [1.82, 2.24) is 0 Å². The van der Waals surface area contributed by atoms with Gasteiger partial charge in [0.25, 0.3) is 0 Å². The van der Waals surface area contributed by atoms with Gasteiger partial charge < -0.3 is 8.85 Å². The van der Waals surface area contributed by atoms with Crippen molar-refractivity contribution in [3.8, 4) is 0 Å². The van der Waals surface area contributed by atoms with Gasteiger partial charge in [-0.15, -0.1) is 0 Å². The summed E-state index contributed by atoms with van der Waals surface area (Å²) >= 11 is 0. The molecule has 1 unspecified atom stereocenters. The molecule has 0 radical (unpaired) electrons. The first-order valence-corrected chi connectivity index (χ1v) is 8.17. The summed E-state index contributed by atoms with van der Waals surface area (Å²) in [4.78, 5) is 13.5. The van der Waals surface area contributed by atoms with Crippen molar-refractivity contribution in [2.75, 3.05) is 19.8 Å². The van der Waals surface area contributed by atoms with E-state index in [2.05, 4.69) is 11.9 Å². The second kappa shape index (κ2) is 12.0. The second-order valence-electron chi connectivity index (χ2n) is 3.92. The van der Waals surface area contributed by atoms with Crippen LogP contribution < -0.4 is 0 Å². The zero-order valence-corrected chi connectivity index (χ0v) is 12.4. The highest BCUT2D eigenvalue weighted by Gasteiger charge is 2.23. The molecule has 17 heavy (non-hydrogen) atoms. The van der Waals surface area contributed by atoms with Crippen LogP contribution in [0.3, 0.4) is 0 Å². The fourth-order valence-corrected chi connectivity index (χ4v) is 4.01. The lowest BCUT2D eigenvalue weighted by molar-refractivity contribution is 0.200. The first-order valence-electron chi connectivity index (χ1n) is 6.56. The predicted molar refractivity (Wildman–Crippen MR) is 71.3 cm³/mol. The molecule has 0 N–H and O–H groups in total. The Kier molecular flexibility index (Phi) is 11.6. The van der Waals surface area contributed by atoms with Gasteiger partial charge >= 0.3 is 9.28 Å². The Morgan fingerprint density at radius 1 is 1.18 bits per heavy atom. The Morgan fingerprint density at radius 2 is 1.82 bits per heavy atom. The smallest absolute Gasteiger partial charge is 0.324 e. The summed E-state index contributed by atoms with van der Waals surface area (Å²) in [5, 5.41) is 0. The van der Waals surface area contributed by atoms with Crippen molar-refractivity contribution in [2.24, 2.45) is 4.99 Å². The Balaban J connectivity index is 3.94. The molecule has 100 valence electrons. The number of unbranched alkanes of at least 4 members (excludes halogenated alkanes) is 1. The van der Waals surface area contributed by atoms with Gasteiger partial charge in [0.2, 0.25) is 6.08 Å². The summed E-state index contributed by atoms with van der Waals surface area (Å²) in [6.45, 7) is 8.29. The van der Waals surface area contributed by atoms with E-state index in [0.29, 0.717) is 12.1 Å². The van der Waals surface area contributed by atoms with E-state index in [1.807, 2.05) is 13.8 Å². The van der Waals surface area contributed by atoms with Crippen LogP contribution >= 0.6 is 0 Å². The minimum atomic E-state index is -1.52. The molecule has 5 heteroatoms. The molecular formula is C12H25NO3Si. The monoisotopic (exact) mass is 259 g/mol. The van der Waals surface area contributed by atoms with Gasteiger partial charge in [-0.3, -0.25) is 0 Å². The van der Waals surface area contributed by atoms with Gasteiger partial charge in [0.05, 0.1) is 6.54 Å². The predicted octanol–water partition coefficient (Wildman–Crippen LogP) is 2.57. The third kappa shape index (κ3) is 8.27. The van der Waals surface area contributed by atoms with E-state index < -0.39 is 9.28 Å². The van der Waals surface area contributed by atoms with Gasteiger partial charge in [0.1, 0.15) is 0 Å². The number of nitrogens with zero attached hydrogens (tertiary/aromatic N) is 1. The van der Waals surface area contributed by atoms with Crippen LogP contribution in [0.25, 0.3) is 0 Å². The van der Waals surface area contributed by atoms with E-state index in [4.69, 9.17) is 8.85 Å². The number of carbonyl (C=O) groups excluding carboxylic acids is 1. The Labute approximate surface area is 106 Å². The molecule has 0 aliphatic heterocycles. The normalized spacial score (nSPS) is 12.5. The molecule has 0 aliphatic carbocycles. The molecule has 0 spiro atoms. The van der Waals surface area contributed by atoms with E-state index in [-0.39, 0.29) is 0 Å². The van der Waals surface area contributed by atoms with Gasteiger partial charge in [0.15, 0.2) is 0 Å². The lowest BCUT2D eigenvalue weighted by Gasteiger charge is -2.23. The molecule has 0 rings (SSSR count). The Morgan fingerprint density at radius 3 is 2.29 bits per heavy atom. The van der Waals surface area contributed by atoms with E-state index in [0.717, 1.165) is 38.9 Å². The lowest BCUT2D eigenvalue weighted by Crippen LogP contribution is -2.29. The van der Waals surface area contributed by atoms with Crippen LogP contribution in [0.5, 0.6) is 0 Å². The van der Waals surface area contributed by atoms with E-state index in [1.165, 1.54) is 0 Å². The molecule has 1 atom stereocenters. The summed E-state index contributed by atoms with van der Waals surface area (Å²) in [5.41, 5.74) is 0.565. The lowest BCUT2D eigenvalue weighted by atomic mass is 10.1. The summed E-state index contributed by atoms with van der Waals surface area (Å²) < 4.78 is 11.5. The van der Waals surface area contributed by atoms with Crippen molar-refractivity contribution in [1.29, 1.82) is 0 Å². The number of aliphatic imine (C=N–C) groups is 1. The SMILES string of the molecule is CCO[SiH](OCC)C(CC)CCCCN=C=O. The zero-order valence-electron chi connectivity index (χ0n) is 11.3. The van der Waals surface area contributed by atoms with Crippen LogP contribution in [0, 0.1) is 0 Å². The fourth-order valence-electron chi connectivity index (χ4n) is 1.82. The van der Waals surface area contributed by atoms with Crippen LogP contribution in [0.1, 0.15) is 46.5 Å². The van der Waals surface area contributed by atoms with Crippen molar-refractivity contribution in [2.45, 2.75) is 52.0 Å². The van der Waals surface area contributed by atoms with Crippen LogP contribution in [0.2, 0.25) is 5.54 Å². The highest BCUT2D eigenvalue weighted by Crippen LogP contribution is 2.24. The molecule has 0 aromatic carbocycles. The third-order valence-electron chi connectivity index (χ3n) is 2.73. The zero-order chi connectivity index (χ0) is 12.9. The maximum atomic E-state index is 9.91. The Hall–Kier alpha value is -0.483. The molecule has 0 aromatic rings. The summed E-state index contributed by atoms with van der Waals surface area (Å²) in [6, 6.07) is 0. The number of hydrogen-bond acceptors (Lipinski definition) is 4. The van der Waals surface area contributed by atoms with Crippen molar-refractivity contribution in [3.63, 3.8) is 0 Å². The fraction of sp³-hybridized carbons (Fsp3) is 0.917. The first kappa shape index (κ1) is 16.5. The molecule has 0 aromatic heterocycles. The Bertz CT molecular complexity index is 214. The number of isocyanates is 1. The van der Waals surface area contributed by atoms with Gasteiger partial charge in [-0.1, -0.05) is 19.8 Å². The summed E-state index contributed by atoms with van der Waals surface area (Å²) in [5.74, 6) is 0. The average Bonchev–Trinajstić information content (AvgIpc) is 2.34. The molecule has 0 aliphatic rings. The molecule has 0 saturated carbocycles. The van der Waals surface area contributed by atoms with Gasteiger partial charge in [-0.25, -0.2) is 9.79 Å². The maximum Gasteiger partial charge on any atom is 0.324 e. The van der Waals surface area contributed by atoms with Crippen molar-refractivity contribution < 1.29 is 13.6 Å². The molecule has 0 saturated heterocycles. The minimum Gasteiger partial charge on any atom is -0.397 e. The van der Waals surface area contributed by atoms with Gasteiger partial charge in [-0.2, -0.15) is 0 Å². The standard InChI is InChI=1S/C12H25NO3Si/c1-4-12(9-7-8-10-13-11-14)17(15-5-2)16-6-3/h12,17H,4-10H2,1-3H3. The van der Waals surface area contributed by atoms with Gasteiger partial charge in [0, 0.05) is 13.2 Å². The second-order valence-corrected chi connectivity index (χ2v) is 6.26. The minimum absolute atomic E-state index is 0.565. The highest BCUT2D eigenvalue weighted by atomic mass is 28.3. The number of hydrogen-bond donors (Lipinski definition) is 0. The largest absolute Gasteiger partial charge is 0.397 e. The van der Waals surface area contributed by atoms with Crippen LogP contribution in [0.15, 0.2) is 4.99 Å². The highest BCUT2D eigenvalue weighted by molar-refractivity contribution is 6.46. The molecule has 0 amide bonds. The van der Waals surface area contributed by atoms with Crippen LogP contribution in [0.4, 0.5) is 0 Å². The molecule has 0 fully saturated rings. The molecule has 0 heterocycles.